The Hall–Kier alpha value is -3.79. The second-order valence-electron chi connectivity index (χ2n) is 8.34. The lowest BCUT2D eigenvalue weighted by molar-refractivity contribution is -0.119. The molecule has 3 aromatic rings. The second-order valence-corrected chi connectivity index (χ2v) is 8.34. The van der Waals surface area contributed by atoms with Crippen LogP contribution in [-0.2, 0) is 11.3 Å². The van der Waals surface area contributed by atoms with E-state index < -0.39 is 11.4 Å². The number of benzene rings is 2. The van der Waals surface area contributed by atoms with Crippen molar-refractivity contribution in [3.05, 3.63) is 88.2 Å². The molecule has 4 rings (SSSR count). The lowest BCUT2D eigenvalue weighted by Gasteiger charge is -2.29. The molecular weight excluding hydrogens is 424 g/mol. The second kappa shape index (κ2) is 9.37. The van der Waals surface area contributed by atoms with Crippen LogP contribution in [0.4, 0.5) is 14.5 Å². The number of allylic oxidation sites excluding steroid dienone is 1. The van der Waals surface area contributed by atoms with Gasteiger partial charge in [-0.05, 0) is 67.7 Å². The Labute approximate surface area is 190 Å². The first-order valence-electron chi connectivity index (χ1n) is 10.8. The van der Waals surface area contributed by atoms with Crippen LogP contribution in [-0.4, -0.2) is 16.4 Å². The van der Waals surface area contributed by atoms with E-state index in [0.29, 0.717) is 47.8 Å². The van der Waals surface area contributed by atoms with Crippen LogP contribution < -0.4 is 10.9 Å². The van der Waals surface area contributed by atoms with E-state index in [0.717, 1.165) is 0 Å². The molecule has 1 saturated carbocycles. The number of nitrogens with one attached hydrogen (secondary N) is 1. The summed E-state index contributed by atoms with van der Waals surface area (Å²) in [5.74, 6) is -0.905. The summed E-state index contributed by atoms with van der Waals surface area (Å²) in [5, 5.41) is 13.6. The minimum absolute atomic E-state index is 0.0297. The zero-order valence-electron chi connectivity index (χ0n) is 18.0. The van der Waals surface area contributed by atoms with Crippen molar-refractivity contribution in [1.29, 1.82) is 5.26 Å². The Kier molecular flexibility index (Phi) is 6.36. The normalized spacial score (nSPS) is 18.0. The third kappa shape index (κ3) is 4.56. The Balaban J connectivity index is 1.74. The molecule has 0 bridgehead atoms. The number of aromatic nitrogens is 1. The standard InChI is InChI=1S/C26H23F2N3O2/c1-2-24(32)17-5-10-20(11-6-17)30-25-21-13-19(28)9-12-23(21)31(26(33)22(25)14-29)15-16-3-7-18(27)8-4-16/h2-4,7-9,12-13,17,20,30H,1,5-6,10-11,15H2. The van der Waals surface area contributed by atoms with Crippen molar-refractivity contribution in [2.24, 2.45) is 5.92 Å². The number of halogens is 2. The maximum Gasteiger partial charge on any atom is 0.271 e. The van der Waals surface area contributed by atoms with Crippen molar-refractivity contribution in [1.82, 2.24) is 4.57 Å². The van der Waals surface area contributed by atoms with E-state index in [1.54, 1.807) is 12.1 Å². The van der Waals surface area contributed by atoms with Crippen LogP contribution >= 0.6 is 0 Å². The van der Waals surface area contributed by atoms with Crippen LogP contribution in [0, 0.1) is 28.9 Å². The molecule has 33 heavy (non-hydrogen) atoms. The molecule has 2 aromatic carbocycles. The number of rotatable bonds is 6. The first-order chi connectivity index (χ1) is 15.9. The molecule has 0 atom stereocenters. The van der Waals surface area contributed by atoms with Crippen LogP contribution in [0.15, 0.2) is 59.9 Å². The highest BCUT2D eigenvalue weighted by Crippen LogP contribution is 2.32. The van der Waals surface area contributed by atoms with Gasteiger partial charge in [0.1, 0.15) is 23.3 Å². The monoisotopic (exact) mass is 447 g/mol. The van der Waals surface area contributed by atoms with Gasteiger partial charge in [0.15, 0.2) is 5.78 Å². The van der Waals surface area contributed by atoms with Gasteiger partial charge in [-0.3, -0.25) is 9.59 Å². The van der Waals surface area contributed by atoms with Gasteiger partial charge < -0.3 is 9.88 Å². The summed E-state index contributed by atoms with van der Waals surface area (Å²) in [7, 11) is 0. The number of anilines is 1. The first kappa shape index (κ1) is 22.4. The van der Waals surface area contributed by atoms with Crippen LogP contribution in [0.5, 0.6) is 0 Å². The topological polar surface area (TPSA) is 74.9 Å². The van der Waals surface area contributed by atoms with E-state index in [4.69, 9.17) is 0 Å². The van der Waals surface area contributed by atoms with E-state index in [1.807, 2.05) is 6.07 Å². The van der Waals surface area contributed by atoms with Crippen LogP contribution in [0.2, 0.25) is 0 Å². The number of hydrogen-bond acceptors (Lipinski definition) is 4. The SMILES string of the molecule is C=CC(=O)C1CCC(Nc2c(C#N)c(=O)n(Cc3ccc(F)cc3)c3ccc(F)cc23)CC1. The van der Waals surface area contributed by atoms with E-state index in [-0.39, 0.29) is 35.7 Å². The molecule has 0 spiro atoms. The molecule has 1 aliphatic carbocycles. The average Bonchev–Trinajstić information content (AvgIpc) is 2.83. The van der Waals surface area contributed by atoms with Crippen molar-refractivity contribution in [2.75, 3.05) is 5.32 Å². The molecule has 5 nitrogen and oxygen atoms in total. The van der Waals surface area contributed by atoms with Gasteiger partial charge in [0.05, 0.1) is 17.7 Å². The maximum absolute atomic E-state index is 14.2. The van der Waals surface area contributed by atoms with Gasteiger partial charge in [-0.25, -0.2) is 8.78 Å². The number of nitrogens with zero attached hydrogens (tertiary/aromatic N) is 2. The fourth-order valence-electron chi connectivity index (χ4n) is 4.51. The van der Waals surface area contributed by atoms with Gasteiger partial charge in [0, 0.05) is 17.3 Å². The van der Waals surface area contributed by atoms with Crippen molar-refractivity contribution < 1.29 is 13.6 Å². The number of carbonyl (C=O) groups is 1. The Morgan fingerprint density at radius 1 is 1.12 bits per heavy atom. The summed E-state index contributed by atoms with van der Waals surface area (Å²) in [4.78, 5) is 25.2. The van der Waals surface area contributed by atoms with Gasteiger partial charge in [-0.2, -0.15) is 5.26 Å². The number of pyridine rings is 1. The fraction of sp³-hybridized carbons (Fsp3) is 0.269. The van der Waals surface area contributed by atoms with Crippen LogP contribution in [0.3, 0.4) is 0 Å². The van der Waals surface area contributed by atoms with E-state index in [1.165, 1.54) is 41.0 Å². The van der Waals surface area contributed by atoms with Gasteiger partial charge >= 0.3 is 0 Å². The van der Waals surface area contributed by atoms with Gasteiger partial charge in [0.25, 0.3) is 5.56 Å². The smallest absolute Gasteiger partial charge is 0.271 e. The lowest BCUT2D eigenvalue weighted by atomic mass is 9.83. The number of ketones is 1. The molecule has 0 radical (unpaired) electrons. The third-order valence-electron chi connectivity index (χ3n) is 6.27. The number of fused-ring (bicyclic) bond motifs is 1. The van der Waals surface area contributed by atoms with Crippen molar-refractivity contribution in [2.45, 2.75) is 38.3 Å². The molecule has 0 unspecified atom stereocenters. The van der Waals surface area contributed by atoms with E-state index in [9.17, 15) is 23.6 Å². The third-order valence-corrected chi connectivity index (χ3v) is 6.27. The summed E-state index contributed by atoms with van der Waals surface area (Å²) in [6.07, 6.45) is 4.08. The zero-order valence-corrected chi connectivity index (χ0v) is 18.0. The summed E-state index contributed by atoms with van der Waals surface area (Å²) in [6.45, 7) is 3.66. The highest BCUT2D eigenvalue weighted by atomic mass is 19.1. The van der Waals surface area contributed by atoms with Crippen LogP contribution in [0.1, 0.15) is 36.8 Å². The molecule has 0 aliphatic heterocycles. The van der Waals surface area contributed by atoms with E-state index >= 15 is 0 Å². The van der Waals surface area contributed by atoms with Crippen molar-refractivity contribution >= 4 is 22.4 Å². The number of hydrogen-bond donors (Lipinski definition) is 1. The molecular formula is C26H23F2N3O2. The molecule has 1 aliphatic rings. The molecule has 1 fully saturated rings. The number of carbonyl (C=O) groups excluding carboxylic acids is 1. The lowest BCUT2D eigenvalue weighted by Crippen LogP contribution is -2.31. The highest BCUT2D eigenvalue weighted by Gasteiger charge is 2.27. The first-order valence-corrected chi connectivity index (χ1v) is 10.8. The largest absolute Gasteiger partial charge is 0.381 e. The van der Waals surface area contributed by atoms with E-state index in [2.05, 4.69) is 11.9 Å². The number of nitriles is 1. The molecule has 168 valence electrons. The molecule has 0 saturated heterocycles. The summed E-state index contributed by atoms with van der Waals surface area (Å²) in [6, 6.07) is 11.8. The van der Waals surface area contributed by atoms with Crippen molar-refractivity contribution in [3.63, 3.8) is 0 Å². The molecule has 1 N–H and O–H groups in total. The predicted octanol–water partition coefficient (Wildman–Crippen LogP) is 4.93. The minimum Gasteiger partial charge on any atom is -0.381 e. The summed E-state index contributed by atoms with van der Waals surface area (Å²) >= 11 is 0. The maximum atomic E-state index is 14.2. The van der Waals surface area contributed by atoms with Crippen molar-refractivity contribution in [3.8, 4) is 6.07 Å². The molecule has 0 amide bonds. The van der Waals surface area contributed by atoms with Gasteiger partial charge in [-0.1, -0.05) is 18.7 Å². The Morgan fingerprint density at radius 2 is 1.79 bits per heavy atom. The van der Waals surface area contributed by atoms with Gasteiger partial charge in [-0.15, -0.1) is 0 Å². The minimum atomic E-state index is -0.501. The summed E-state index contributed by atoms with van der Waals surface area (Å²) in [5.41, 5.74) is 0.867. The van der Waals surface area contributed by atoms with Gasteiger partial charge in [0.2, 0.25) is 0 Å². The molecule has 1 heterocycles. The van der Waals surface area contributed by atoms with Crippen LogP contribution in [0.25, 0.3) is 10.9 Å². The zero-order chi connectivity index (χ0) is 23.5. The molecule has 1 aromatic heterocycles. The summed E-state index contributed by atoms with van der Waals surface area (Å²) < 4.78 is 28.9. The average molecular weight is 447 g/mol. The Bertz CT molecular complexity index is 1310. The highest BCUT2D eigenvalue weighted by molar-refractivity contribution is 5.95. The Morgan fingerprint density at radius 3 is 2.42 bits per heavy atom. The quantitative estimate of drug-likeness (QED) is 0.544. The predicted molar refractivity (Wildman–Crippen MR) is 123 cm³/mol. The molecule has 7 heteroatoms. The fourth-order valence-corrected chi connectivity index (χ4v) is 4.51.